The molecule has 1 aromatic rings. The van der Waals surface area contributed by atoms with Gasteiger partial charge in [0.1, 0.15) is 0 Å². The summed E-state index contributed by atoms with van der Waals surface area (Å²) in [6.45, 7) is 4.84. The summed E-state index contributed by atoms with van der Waals surface area (Å²) in [7, 11) is -3.10. The fourth-order valence-corrected chi connectivity index (χ4v) is 4.30. The first kappa shape index (κ1) is 15.5. The number of benzene rings is 1. The molecular weight excluding hydrogens is 270 g/mol. The van der Waals surface area contributed by atoms with Gasteiger partial charge in [0.15, 0.2) is 0 Å². The Hall–Kier alpha value is -0.870. The monoisotopic (exact) mass is 295 g/mol. The lowest BCUT2D eigenvalue weighted by molar-refractivity contribution is 0.565. The Morgan fingerprint density at radius 1 is 1.15 bits per heavy atom. The van der Waals surface area contributed by atoms with Gasteiger partial charge in [-0.05, 0) is 36.3 Å². The third-order valence-corrected chi connectivity index (χ3v) is 6.06. The van der Waals surface area contributed by atoms with Crippen LogP contribution in [0.15, 0.2) is 24.3 Å². The Bertz CT molecular complexity index is 514. The van der Waals surface area contributed by atoms with E-state index in [2.05, 4.69) is 42.8 Å². The number of nitrogens with one attached hydrogen (secondary N) is 1. The van der Waals surface area contributed by atoms with Crippen LogP contribution >= 0.6 is 0 Å². The van der Waals surface area contributed by atoms with Crippen molar-refractivity contribution in [1.29, 1.82) is 0 Å². The summed E-state index contributed by atoms with van der Waals surface area (Å²) < 4.78 is 26.9. The van der Waals surface area contributed by atoms with E-state index in [1.807, 2.05) is 0 Å². The van der Waals surface area contributed by atoms with Crippen molar-refractivity contribution < 1.29 is 8.42 Å². The van der Waals surface area contributed by atoms with Crippen molar-refractivity contribution in [1.82, 2.24) is 4.72 Å². The molecule has 0 spiro atoms. The molecule has 3 nitrogen and oxygen atoms in total. The van der Waals surface area contributed by atoms with Crippen LogP contribution in [-0.4, -0.2) is 20.2 Å². The average molecular weight is 295 g/mol. The fourth-order valence-electron chi connectivity index (χ4n) is 2.72. The van der Waals surface area contributed by atoms with Gasteiger partial charge in [0.25, 0.3) is 0 Å². The van der Waals surface area contributed by atoms with Crippen LogP contribution in [0.3, 0.4) is 0 Å². The lowest BCUT2D eigenvalue weighted by Gasteiger charge is -2.12. The highest BCUT2D eigenvalue weighted by atomic mass is 32.2. The topological polar surface area (TPSA) is 46.2 Å². The van der Waals surface area contributed by atoms with Gasteiger partial charge in [0.05, 0.1) is 5.25 Å². The van der Waals surface area contributed by atoms with Crippen LogP contribution in [0.2, 0.25) is 0 Å². The molecule has 0 atom stereocenters. The summed E-state index contributed by atoms with van der Waals surface area (Å²) in [6.07, 6.45) is 4.48. The molecular formula is C16H25NO2S. The highest BCUT2D eigenvalue weighted by Crippen LogP contribution is 2.23. The molecule has 1 aliphatic rings. The van der Waals surface area contributed by atoms with Gasteiger partial charge in [-0.1, -0.05) is 51.0 Å². The molecule has 0 amide bonds. The van der Waals surface area contributed by atoms with Gasteiger partial charge in [-0.3, -0.25) is 0 Å². The van der Waals surface area contributed by atoms with Crippen molar-refractivity contribution in [2.45, 2.75) is 57.1 Å². The summed E-state index contributed by atoms with van der Waals surface area (Å²) in [4.78, 5) is 0. The third kappa shape index (κ3) is 4.06. The molecule has 0 bridgehead atoms. The summed E-state index contributed by atoms with van der Waals surface area (Å²) >= 11 is 0. The van der Waals surface area contributed by atoms with E-state index in [9.17, 15) is 8.42 Å². The maximum Gasteiger partial charge on any atom is 0.214 e. The Balaban J connectivity index is 1.83. The zero-order valence-electron chi connectivity index (χ0n) is 12.4. The smallest absolute Gasteiger partial charge is 0.214 e. The quantitative estimate of drug-likeness (QED) is 0.876. The molecule has 20 heavy (non-hydrogen) atoms. The Labute approximate surface area is 122 Å². The predicted molar refractivity (Wildman–Crippen MR) is 83.4 cm³/mol. The molecule has 0 heterocycles. The molecule has 0 aliphatic heterocycles. The zero-order chi connectivity index (χ0) is 14.6. The first-order chi connectivity index (χ1) is 9.49. The van der Waals surface area contributed by atoms with Crippen molar-refractivity contribution in [3.63, 3.8) is 0 Å². The van der Waals surface area contributed by atoms with Crippen LogP contribution in [-0.2, 0) is 16.4 Å². The van der Waals surface area contributed by atoms with Gasteiger partial charge >= 0.3 is 0 Å². The molecule has 0 aromatic heterocycles. The van der Waals surface area contributed by atoms with E-state index in [1.165, 1.54) is 11.1 Å². The molecule has 112 valence electrons. The van der Waals surface area contributed by atoms with Crippen LogP contribution in [0.5, 0.6) is 0 Å². The van der Waals surface area contributed by atoms with E-state index in [1.54, 1.807) is 0 Å². The first-order valence-electron chi connectivity index (χ1n) is 7.56. The van der Waals surface area contributed by atoms with Crippen LogP contribution < -0.4 is 4.72 Å². The van der Waals surface area contributed by atoms with E-state index >= 15 is 0 Å². The Morgan fingerprint density at radius 2 is 1.75 bits per heavy atom. The molecule has 0 radical (unpaired) electrons. The SMILES string of the molecule is CC(C)c1ccc(CCNS(=O)(=O)C2CCCC2)cc1. The second kappa shape index (κ2) is 6.72. The first-order valence-corrected chi connectivity index (χ1v) is 9.11. The maximum absolute atomic E-state index is 12.1. The highest BCUT2D eigenvalue weighted by Gasteiger charge is 2.27. The number of rotatable bonds is 6. The Kier molecular flexibility index (Phi) is 5.22. The minimum atomic E-state index is -3.10. The van der Waals surface area contributed by atoms with Gasteiger partial charge in [0.2, 0.25) is 10.0 Å². The number of hydrogen-bond acceptors (Lipinski definition) is 2. The largest absolute Gasteiger partial charge is 0.215 e. The standard InChI is InChI=1S/C16H25NO2S/c1-13(2)15-9-7-14(8-10-15)11-12-17-20(18,19)16-5-3-4-6-16/h7-10,13,16-17H,3-6,11-12H2,1-2H3. The Morgan fingerprint density at radius 3 is 2.30 bits per heavy atom. The van der Waals surface area contributed by atoms with E-state index in [4.69, 9.17) is 0 Å². The lowest BCUT2D eigenvalue weighted by Crippen LogP contribution is -2.34. The zero-order valence-corrected chi connectivity index (χ0v) is 13.2. The maximum atomic E-state index is 12.1. The summed E-state index contributed by atoms with van der Waals surface area (Å²) in [5.41, 5.74) is 2.50. The molecule has 0 saturated heterocycles. The summed E-state index contributed by atoms with van der Waals surface area (Å²) in [6, 6.07) is 8.45. The molecule has 1 saturated carbocycles. The molecule has 1 aliphatic carbocycles. The van der Waals surface area contributed by atoms with Gasteiger partial charge < -0.3 is 0 Å². The third-order valence-electron chi connectivity index (χ3n) is 4.10. The van der Waals surface area contributed by atoms with Crippen molar-refractivity contribution in [3.05, 3.63) is 35.4 Å². The summed E-state index contributed by atoms with van der Waals surface area (Å²) in [5.74, 6) is 0.532. The average Bonchev–Trinajstić information content (AvgIpc) is 2.94. The van der Waals surface area contributed by atoms with E-state index < -0.39 is 10.0 Å². The molecule has 1 fully saturated rings. The summed E-state index contributed by atoms with van der Waals surface area (Å²) in [5, 5.41) is -0.161. The van der Waals surface area contributed by atoms with Crippen molar-refractivity contribution in [2.24, 2.45) is 0 Å². The second-order valence-corrected chi connectivity index (χ2v) is 8.04. The van der Waals surface area contributed by atoms with E-state index in [-0.39, 0.29) is 5.25 Å². The van der Waals surface area contributed by atoms with Gasteiger partial charge in [-0.15, -0.1) is 0 Å². The fraction of sp³-hybridized carbons (Fsp3) is 0.625. The van der Waals surface area contributed by atoms with Crippen LogP contribution in [0.1, 0.15) is 56.6 Å². The van der Waals surface area contributed by atoms with Crippen LogP contribution in [0.4, 0.5) is 0 Å². The number of hydrogen-bond donors (Lipinski definition) is 1. The molecule has 1 aromatic carbocycles. The minimum Gasteiger partial charge on any atom is -0.215 e. The van der Waals surface area contributed by atoms with Gasteiger partial charge in [-0.25, -0.2) is 13.1 Å². The van der Waals surface area contributed by atoms with Crippen LogP contribution in [0, 0.1) is 0 Å². The van der Waals surface area contributed by atoms with Crippen molar-refractivity contribution in [3.8, 4) is 0 Å². The molecule has 4 heteroatoms. The molecule has 2 rings (SSSR count). The van der Waals surface area contributed by atoms with Crippen LogP contribution in [0.25, 0.3) is 0 Å². The molecule has 0 unspecified atom stereocenters. The second-order valence-electron chi connectivity index (χ2n) is 5.99. The van der Waals surface area contributed by atoms with Crippen molar-refractivity contribution in [2.75, 3.05) is 6.54 Å². The van der Waals surface area contributed by atoms with E-state index in [0.29, 0.717) is 12.5 Å². The van der Waals surface area contributed by atoms with Gasteiger partial charge in [0, 0.05) is 6.54 Å². The molecule has 1 N–H and O–H groups in total. The minimum absolute atomic E-state index is 0.161. The van der Waals surface area contributed by atoms with E-state index in [0.717, 1.165) is 32.1 Å². The number of sulfonamides is 1. The lowest BCUT2D eigenvalue weighted by atomic mass is 10.0. The highest BCUT2D eigenvalue weighted by molar-refractivity contribution is 7.90. The van der Waals surface area contributed by atoms with Gasteiger partial charge in [-0.2, -0.15) is 0 Å². The predicted octanol–water partition coefficient (Wildman–Crippen LogP) is 3.21. The van der Waals surface area contributed by atoms with Crippen molar-refractivity contribution >= 4 is 10.0 Å². The normalized spacial score (nSPS) is 16.9.